The number of anilines is 3. The Kier molecular flexibility index (Phi) is 8.91. The normalized spacial score (nSPS) is 10.7. The van der Waals surface area contributed by atoms with Crippen molar-refractivity contribution >= 4 is 34.7 Å². The van der Waals surface area contributed by atoms with Gasteiger partial charge < -0.3 is 20.9 Å². The van der Waals surface area contributed by atoms with Crippen molar-refractivity contribution in [2.75, 3.05) is 16.4 Å². The lowest BCUT2D eigenvalue weighted by Crippen LogP contribution is -2.20. The largest absolute Gasteiger partial charge is 0.384 e. The average molecular weight is 654 g/mol. The number of nitrogens with two attached hydrogens (primary N) is 1. The van der Waals surface area contributed by atoms with Crippen LogP contribution < -0.4 is 16.4 Å². The number of nitrogens with one attached hydrogen (secondary N) is 2. The van der Waals surface area contributed by atoms with Gasteiger partial charge in [0.1, 0.15) is 17.5 Å². The lowest BCUT2D eigenvalue weighted by molar-refractivity contribution is 0.827. The predicted molar refractivity (Wildman–Crippen MR) is 203 cm³/mol. The van der Waals surface area contributed by atoms with Gasteiger partial charge in [-0.05, 0) is 52.7 Å². The van der Waals surface area contributed by atoms with Crippen molar-refractivity contribution in [2.45, 2.75) is 6.54 Å². The molecular weight excluding hydrogens is 623 g/mol. The fourth-order valence-electron chi connectivity index (χ4n) is 6.05. The molecule has 2 heterocycles. The summed E-state index contributed by atoms with van der Waals surface area (Å²) in [6.07, 6.45) is 0. The van der Waals surface area contributed by atoms with Crippen molar-refractivity contribution in [2.24, 2.45) is 0 Å². The molecule has 0 atom stereocenters. The molecule has 2 aromatic heterocycles. The van der Waals surface area contributed by atoms with E-state index in [2.05, 4.69) is 61.8 Å². The van der Waals surface area contributed by atoms with E-state index in [0.29, 0.717) is 28.9 Å². The highest BCUT2D eigenvalue weighted by Crippen LogP contribution is 2.42. The van der Waals surface area contributed by atoms with E-state index in [0.717, 1.165) is 56.0 Å². The van der Waals surface area contributed by atoms with E-state index < -0.39 is 0 Å². The van der Waals surface area contributed by atoms with Crippen molar-refractivity contribution in [3.63, 3.8) is 0 Å². The lowest BCUT2D eigenvalue weighted by atomic mass is 9.97. The van der Waals surface area contributed by atoms with Gasteiger partial charge in [0.2, 0.25) is 0 Å². The van der Waals surface area contributed by atoms with Gasteiger partial charge in [-0.2, -0.15) is 5.26 Å². The molecule has 0 fully saturated rings. The maximum Gasteiger partial charge on any atom is 0.176 e. The molecule has 49 heavy (non-hydrogen) atoms. The zero-order valence-electron chi connectivity index (χ0n) is 26.4. The standard InChI is InChI=1S/C41H31N7S/c42-26-34-38(29-16-6-2-7-17-29)39(30-18-8-3-9-19-30)48(40(34)43)27-31-20-10-11-21-32(31)33-22-12-13-23-36(33)44-41(49)45-37-25-24-35(46-47-37)28-14-4-1-5-15-28/h1-25H,27,43H2,(H2,44,45,47,49). The topological polar surface area (TPSA) is 105 Å². The van der Waals surface area contributed by atoms with Crippen molar-refractivity contribution < 1.29 is 0 Å². The summed E-state index contributed by atoms with van der Waals surface area (Å²) in [5, 5.41) is 26.0. The summed E-state index contributed by atoms with van der Waals surface area (Å²) in [5.41, 5.74) is 16.5. The van der Waals surface area contributed by atoms with E-state index in [1.807, 2.05) is 121 Å². The summed E-state index contributed by atoms with van der Waals surface area (Å²) in [4.78, 5) is 0. The molecule has 0 aliphatic heterocycles. The van der Waals surface area contributed by atoms with Crippen LogP contribution >= 0.6 is 12.2 Å². The Balaban J connectivity index is 1.22. The number of rotatable bonds is 8. The fraction of sp³-hybridized carbons (Fsp3) is 0.0244. The summed E-state index contributed by atoms with van der Waals surface area (Å²) < 4.78 is 2.05. The van der Waals surface area contributed by atoms with Gasteiger partial charge in [-0.25, -0.2) is 0 Å². The molecule has 0 aliphatic carbocycles. The lowest BCUT2D eigenvalue weighted by Gasteiger charge is -2.18. The molecular formula is C41H31N7S. The summed E-state index contributed by atoms with van der Waals surface area (Å²) >= 11 is 5.72. The zero-order chi connectivity index (χ0) is 33.6. The first-order valence-electron chi connectivity index (χ1n) is 15.8. The Labute approximate surface area is 290 Å². The van der Waals surface area contributed by atoms with Crippen LogP contribution in [0.3, 0.4) is 0 Å². The van der Waals surface area contributed by atoms with Crippen molar-refractivity contribution in [3.8, 4) is 50.8 Å². The highest BCUT2D eigenvalue weighted by molar-refractivity contribution is 7.80. The molecule has 0 unspecified atom stereocenters. The van der Waals surface area contributed by atoms with Crippen LogP contribution in [0.1, 0.15) is 11.1 Å². The van der Waals surface area contributed by atoms with Gasteiger partial charge >= 0.3 is 0 Å². The monoisotopic (exact) mass is 653 g/mol. The number of aromatic nitrogens is 3. The first kappa shape index (κ1) is 31.1. The third kappa shape index (κ3) is 6.52. The predicted octanol–water partition coefficient (Wildman–Crippen LogP) is 9.26. The Morgan fingerprint density at radius 3 is 1.90 bits per heavy atom. The third-order valence-corrected chi connectivity index (χ3v) is 8.52. The highest BCUT2D eigenvalue weighted by Gasteiger charge is 2.24. The van der Waals surface area contributed by atoms with Crippen LogP contribution in [0.2, 0.25) is 0 Å². The molecule has 5 aromatic carbocycles. The maximum absolute atomic E-state index is 10.4. The molecule has 0 radical (unpaired) electrons. The molecule has 0 saturated heterocycles. The van der Waals surface area contributed by atoms with E-state index >= 15 is 0 Å². The molecule has 7 rings (SSSR count). The molecule has 8 heteroatoms. The Bertz CT molecular complexity index is 2280. The van der Waals surface area contributed by atoms with Crippen LogP contribution in [0.15, 0.2) is 152 Å². The minimum atomic E-state index is 0.388. The van der Waals surface area contributed by atoms with Crippen molar-refractivity contribution in [1.82, 2.24) is 14.8 Å². The number of hydrogen-bond donors (Lipinski definition) is 3. The third-order valence-electron chi connectivity index (χ3n) is 8.31. The smallest absolute Gasteiger partial charge is 0.176 e. The number of para-hydroxylation sites is 1. The quantitative estimate of drug-likeness (QED) is 0.140. The van der Waals surface area contributed by atoms with Crippen LogP contribution in [0, 0.1) is 11.3 Å². The number of benzene rings is 5. The summed E-state index contributed by atoms with van der Waals surface area (Å²) in [5.74, 6) is 0.959. The van der Waals surface area contributed by atoms with Gasteiger partial charge in [-0.15, -0.1) is 10.2 Å². The van der Waals surface area contributed by atoms with E-state index in [-0.39, 0.29) is 0 Å². The van der Waals surface area contributed by atoms with E-state index in [4.69, 9.17) is 18.0 Å². The average Bonchev–Trinajstić information content (AvgIpc) is 3.44. The first-order valence-corrected chi connectivity index (χ1v) is 16.2. The van der Waals surface area contributed by atoms with Gasteiger partial charge in [-0.1, -0.05) is 133 Å². The highest BCUT2D eigenvalue weighted by atomic mass is 32.1. The van der Waals surface area contributed by atoms with Crippen LogP contribution in [0.25, 0.3) is 44.8 Å². The van der Waals surface area contributed by atoms with Crippen LogP contribution in [0.4, 0.5) is 17.3 Å². The van der Waals surface area contributed by atoms with Gasteiger partial charge in [-0.3, -0.25) is 0 Å². The van der Waals surface area contributed by atoms with Crippen LogP contribution in [0.5, 0.6) is 0 Å². The van der Waals surface area contributed by atoms with E-state index in [1.54, 1.807) is 0 Å². The van der Waals surface area contributed by atoms with Gasteiger partial charge in [0.15, 0.2) is 10.9 Å². The Morgan fingerprint density at radius 2 is 1.24 bits per heavy atom. The van der Waals surface area contributed by atoms with E-state index in [9.17, 15) is 5.26 Å². The second kappa shape index (κ2) is 14.1. The number of thiocarbonyl (C=S) groups is 1. The zero-order valence-corrected chi connectivity index (χ0v) is 27.2. The minimum absolute atomic E-state index is 0.388. The Morgan fingerprint density at radius 1 is 0.653 bits per heavy atom. The maximum atomic E-state index is 10.4. The molecule has 0 aliphatic rings. The molecule has 0 amide bonds. The number of hydrogen-bond acceptors (Lipinski definition) is 5. The number of nitrogen functional groups attached to an aromatic ring is 1. The van der Waals surface area contributed by atoms with E-state index in [1.165, 1.54) is 0 Å². The molecule has 7 nitrogen and oxygen atoms in total. The second-order valence-electron chi connectivity index (χ2n) is 11.4. The van der Waals surface area contributed by atoms with Crippen LogP contribution in [-0.2, 0) is 6.54 Å². The SMILES string of the molecule is N#Cc1c(-c2ccccc2)c(-c2ccccc2)n(Cc2ccccc2-c2ccccc2NC(=S)Nc2ccc(-c3ccccc3)nn2)c1N. The molecule has 236 valence electrons. The van der Waals surface area contributed by atoms with Crippen molar-refractivity contribution in [1.29, 1.82) is 5.26 Å². The van der Waals surface area contributed by atoms with Gasteiger partial charge in [0.25, 0.3) is 0 Å². The summed E-state index contributed by atoms with van der Waals surface area (Å²) in [7, 11) is 0. The second-order valence-corrected chi connectivity index (χ2v) is 11.8. The Hall–Kier alpha value is -6.56. The summed E-state index contributed by atoms with van der Waals surface area (Å²) in [6.45, 7) is 0.439. The fourth-order valence-corrected chi connectivity index (χ4v) is 6.26. The van der Waals surface area contributed by atoms with Gasteiger partial charge in [0, 0.05) is 22.4 Å². The molecule has 7 aromatic rings. The number of nitriles is 1. The summed E-state index contributed by atoms with van der Waals surface area (Å²) in [6, 6.07) is 52.4. The first-order chi connectivity index (χ1) is 24.1. The molecule has 4 N–H and O–H groups in total. The number of nitrogens with zero attached hydrogens (tertiary/aromatic N) is 4. The van der Waals surface area contributed by atoms with Gasteiger partial charge in [0.05, 0.1) is 17.9 Å². The minimum Gasteiger partial charge on any atom is -0.384 e. The van der Waals surface area contributed by atoms with Crippen LogP contribution in [-0.4, -0.2) is 19.9 Å². The molecule has 0 saturated carbocycles. The van der Waals surface area contributed by atoms with Crippen molar-refractivity contribution in [3.05, 3.63) is 163 Å². The molecule has 0 spiro atoms. The molecule has 0 bridgehead atoms.